The number of carbonyl (C=O) groups is 3. The highest BCUT2D eigenvalue weighted by Crippen LogP contribution is 2.28. The molecule has 2 aromatic rings. The van der Waals surface area contributed by atoms with Gasteiger partial charge in [-0.2, -0.15) is 0 Å². The second-order valence-electron chi connectivity index (χ2n) is 5.67. The number of hydrogen-bond donors (Lipinski definition) is 1. The molecule has 0 saturated carbocycles. The molecule has 0 radical (unpaired) electrons. The molecule has 1 saturated heterocycles. The summed E-state index contributed by atoms with van der Waals surface area (Å²) < 4.78 is 5.07. The topological polar surface area (TPSA) is 103 Å². The van der Waals surface area contributed by atoms with Gasteiger partial charge in [0.2, 0.25) is 5.91 Å². The zero-order valence-electron chi connectivity index (χ0n) is 13.3. The van der Waals surface area contributed by atoms with E-state index in [2.05, 4.69) is 4.98 Å². The SMILES string of the molecule is NC(=O)[C@H]1CCCN(C(=O)COC(=O)c2csc(-c3cccs3)n2)C1. The van der Waals surface area contributed by atoms with Crippen molar-refractivity contribution in [3.8, 4) is 9.88 Å². The Kier molecular flexibility index (Phi) is 5.44. The summed E-state index contributed by atoms with van der Waals surface area (Å²) >= 11 is 2.89. The fourth-order valence-electron chi connectivity index (χ4n) is 2.61. The zero-order valence-corrected chi connectivity index (χ0v) is 15.0. The number of nitrogens with zero attached hydrogens (tertiary/aromatic N) is 2. The molecule has 9 heteroatoms. The standard InChI is InChI=1S/C16H17N3O4S2/c17-14(21)10-3-1-5-19(7-10)13(20)8-23-16(22)11-9-25-15(18-11)12-4-2-6-24-12/h2,4,6,9-10H,1,3,5,7-8H2,(H2,17,21)/t10-/m0/s1. The molecule has 0 bridgehead atoms. The lowest BCUT2D eigenvalue weighted by molar-refractivity contribution is -0.137. The molecule has 2 amide bonds. The van der Waals surface area contributed by atoms with Crippen LogP contribution in [0.3, 0.4) is 0 Å². The predicted octanol–water partition coefficient (Wildman–Crippen LogP) is 1.75. The number of hydrogen-bond acceptors (Lipinski definition) is 7. The van der Waals surface area contributed by atoms with Gasteiger partial charge < -0.3 is 15.4 Å². The summed E-state index contributed by atoms with van der Waals surface area (Å²) in [5.74, 6) is -1.69. The Morgan fingerprint density at radius 3 is 2.92 bits per heavy atom. The monoisotopic (exact) mass is 379 g/mol. The molecule has 25 heavy (non-hydrogen) atoms. The van der Waals surface area contributed by atoms with Crippen LogP contribution >= 0.6 is 22.7 Å². The molecule has 0 spiro atoms. The minimum Gasteiger partial charge on any atom is -0.451 e. The van der Waals surface area contributed by atoms with E-state index in [1.165, 1.54) is 27.6 Å². The first-order chi connectivity index (χ1) is 12.0. The molecule has 1 atom stereocenters. The van der Waals surface area contributed by atoms with Gasteiger partial charge in [0, 0.05) is 18.5 Å². The maximum atomic E-state index is 12.2. The van der Waals surface area contributed by atoms with Crippen molar-refractivity contribution in [2.75, 3.05) is 19.7 Å². The van der Waals surface area contributed by atoms with Gasteiger partial charge in [0.05, 0.1) is 10.8 Å². The summed E-state index contributed by atoms with van der Waals surface area (Å²) in [6.07, 6.45) is 1.40. The number of thiophene rings is 1. The number of nitrogens with two attached hydrogens (primary N) is 1. The average molecular weight is 379 g/mol. The lowest BCUT2D eigenvalue weighted by Crippen LogP contribution is -2.45. The third-order valence-corrected chi connectivity index (χ3v) is 5.83. The highest BCUT2D eigenvalue weighted by Gasteiger charge is 2.27. The molecule has 0 aromatic carbocycles. The van der Waals surface area contributed by atoms with Gasteiger partial charge in [-0.25, -0.2) is 9.78 Å². The van der Waals surface area contributed by atoms with E-state index in [4.69, 9.17) is 10.5 Å². The molecule has 2 aromatic heterocycles. The van der Waals surface area contributed by atoms with Crippen molar-refractivity contribution < 1.29 is 19.1 Å². The third-order valence-electron chi connectivity index (χ3n) is 3.95. The van der Waals surface area contributed by atoms with Gasteiger partial charge in [-0.1, -0.05) is 6.07 Å². The Labute approximate surface area is 152 Å². The smallest absolute Gasteiger partial charge is 0.358 e. The number of piperidine rings is 1. The summed E-state index contributed by atoms with van der Waals surface area (Å²) in [4.78, 5) is 42.3. The van der Waals surface area contributed by atoms with Crippen LogP contribution in [0.4, 0.5) is 0 Å². The molecule has 7 nitrogen and oxygen atoms in total. The maximum Gasteiger partial charge on any atom is 0.358 e. The Morgan fingerprint density at radius 2 is 2.20 bits per heavy atom. The van der Waals surface area contributed by atoms with E-state index in [-0.39, 0.29) is 30.7 Å². The molecular formula is C16H17N3O4S2. The van der Waals surface area contributed by atoms with Gasteiger partial charge in [0.25, 0.3) is 5.91 Å². The molecule has 132 valence electrons. The van der Waals surface area contributed by atoms with Gasteiger partial charge in [-0.05, 0) is 24.3 Å². The lowest BCUT2D eigenvalue weighted by Gasteiger charge is -2.30. The van der Waals surface area contributed by atoms with Gasteiger partial charge in [0.15, 0.2) is 12.3 Å². The Balaban J connectivity index is 1.53. The van der Waals surface area contributed by atoms with Gasteiger partial charge >= 0.3 is 5.97 Å². The highest BCUT2D eigenvalue weighted by atomic mass is 32.1. The number of aromatic nitrogens is 1. The van der Waals surface area contributed by atoms with Crippen molar-refractivity contribution in [2.24, 2.45) is 11.7 Å². The molecule has 3 heterocycles. The summed E-state index contributed by atoms with van der Waals surface area (Å²) in [7, 11) is 0. The van der Waals surface area contributed by atoms with Crippen LogP contribution in [0.25, 0.3) is 9.88 Å². The number of thiazole rings is 1. The minimum absolute atomic E-state index is 0.190. The second kappa shape index (κ2) is 7.75. The highest BCUT2D eigenvalue weighted by molar-refractivity contribution is 7.20. The van der Waals surface area contributed by atoms with E-state index in [9.17, 15) is 14.4 Å². The quantitative estimate of drug-likeness (QED) is 0.798. The van der Waals surface area contributed by atoms with E-state index < -0.39 is 11.9 Å². The number of carbonyl (C=O) groups excluding carboxylic acids is 3. The molecule has 1 aliphatic heterocycles. The van der Waals surface area contributed by atoms with Crippen LogP contribution in [0, 0.1) is 5.92 Å². The van der Waals surface area contributed by atoms with E-state index in [0.29, 0.717) is 19.4 Å². The lowest BCUT2D eigenvalue weighted by atomic mass is 9.97. The molecule has 3 rings (SSSR count). The third kappa shape index (κ3) is 4.23. The van der Waals surface area contributed by atoms with Crippen molar-refractivity contribution in [1.82, 2.24) is 9.88 Å². The van der Waals surface area contributed by atoms with Crippen LogP contribution in [0.15, 0.2) is 22.9 Å². The summed E-state index contributed by atoms with van der Waals surface area (Å²) in [6, 6.07) is 3.84. The number of likely N-dealkylation sites (tertiary alicyclic amines) is 1. The largest absolute Gasteiger partial charge is 0.451 e. The van der Waals surface area contributed by atoms with Crippen LogP contribution in [-0.4, -0.2) is 47.4 Å². The first-order valence-electron chi connectivity index (χ1n) is 7.78. The molecule has 1 aliphatic rings. The molecule has 2 N–H and O–H groups in total. The number of amides is 2. The summed E-state index contributed by atoms with van der Waals surface area (Å²) in [6.45, 7) is 0.459. The fourth-order valence-corrected chi connectivity index (χ4v) is 4.21. The van der Waals surface area contributed by atoms with Crippen molar-refractivity contribution in [1.29, 1.82) is 0 Å². The van der Waals surface area contributed by atoms with Gasteiger partial charge in [-0.3, -0.25) is 9.59 Å². The van der Waals surface area contributed by atoms with Crippen molar-refractivity contribution in [3.63, 3.8) is 0 Å². The normalized spacial score (nSPS) is 17.3. The number of esters is 1. The van der Waals surface area contributed by atoms with Gasteiger partial charge in [0.1, 0.15) is 5.01 Å². The van der Waals surface area contributed by atoms with Crippen LogP contribution in [-0.2, 0) is 14.3 Å². The zero-order chi connectivity index (χ0) is 17.8. The molecule has 0 unspecified atom stereocenters. The minimum atomic E-state index is -0.629. The Bertz CT molecular complexity index is 772. The van der Waals surface area contributed by atoms with Crippen molar-refractivity contribution in [2.45, 2.75) is 12.8 Å². The van der Waals surface area contributed by atoms with Crippen molar-refractivity contribution >= 4 is 40.5 Å². The molecule has 0 aliphatic carbocycles. The summed E-state index contributed by atoms with van der Waals surface area (Å²) in [5, 5.41) is 4.30. The van der Waals surface area contributed by atoms with Crippen LogP contribution in [0.2, 0.25) is 0 Å². The Morgan fingerprint density at radius 1 is 1.36 bits per heavy atom. The maximum absolute atomic E-state index is 12.2. The first-order valence-corrected chi connectivity index (χ1v) is 9.54. The predicted molar refractivity (Wildman–Crippen MR) is 94.2 cm³/mol. The number of ether oxygens (including phenoxy) is 1. The second-order valence-corrected chi connectivity index (χ2v) is 7.48. The average Bonchev–Trinajstić information content (AvgIpc) is 3.30. The van der Waals surface area contributed by atoms with Crippen molar-refractivity contribution in [3.05, 3.63) is 28.6 Å². The summed E-state index contributed by atoms with van der Waals surface area (Å²) in [5.41, 5.74) is 5.49. The number of rotatable bonds is 5. The van der Waals surface area contributed by atoms with E-state index in [1.54, 1.807) is 5.38 Å². The van der Waals surface area contributed by atoms with E-state index in [0.717, 1.165) is 9.88 Å². The number of primary amides is 1. The van der Waals surface area contributed by atoms with E-state index in [1.807, 2.05) is 17.5 Å². The fraction of sp³-hybridized carbons (Fsp3) is 0.375. The van der Waals surface area contributed by atoms with Crippen LogP contribution < -0.4 is 5.73 Å². The first kappa shape index (κ1) is 17.6. The van der Waals surface area contributed by atoms with Crippen LogP contribution in [0.1, 0.15) is 23.3 Å². The van der Waals surface area contributed by atoms with Gasteiger partial charge in [-0.15, -0.1) is 22.7 Å². The molecule has 1 fully saturated rings. The molecular weight excluding hydrogens is 362 g/mol. The van der Waals surface area contributed by atoms with E-state index >= 15 is 0 Å². The Hall–Kier alpha value is -2.26. The van der Waals surface area contributed by atoms with Crippen LogP contribution in [0.5, 0.6) is 0 Å².